The molecule has 0 aromatic rings. The second-order valence-electron chi connectivity index (χ2n) is 14.8. The maximum absolute atomic E-state index is 12.8. The van der Waals surface area contributed by atoms with E-state index in [0.29, 0.717) is 12.8 Å². The van der Waals surface area contributed by atoms with Crippen LogP contribution in [0, 0.1) is 0 Å². The zero-order valence-corrected chi connectivity index (χ0v) is 34.5. The molecule has 0 aromatic heterocycles. The van der Waals surface area contributed by atoms with Crippen LogP contribution in [0.5, 0.6) is 0 Å². The number of ether oxygens (including phenoxy) is 1. The van der Waals surface area contributed by atoms with E-state index in [2.05, 4.69) is 60.9 Å². The summed E-state index contributed by atoms with van der Waals surface area (Å²) in [7, 11) is 0. The van der Waals surface area contributed by atoms with Crippen molar-refractivity contribution in [2.75, 3.05) is 13.2 Å². The van der Waals surface area contributed by atoms with E-state index < -0.39 is 24.5 Å². The average molecular weight is 761 g/mol. The summed E-state index contributed by atoms with van der Waals surface area (Å²) in [4.78, 5) is 47.5. The lowest BCUT2D eigenvalue weighted by atomic mass is 10.0. The Hall–Kier alpha value is -2.94. The molecule has 0 aliphatic heterocycles. The predicted molar refractivity (Wildman–Crippen MR) is 222 cm³/mol. The van der Waals surface area contributed by atoms with Gasteiger partial charge in [-0.25, -0.2) is 4.79 Å². The minimum atomic E-state index is -1.38. The number of carbonyl (C=O) groups excluding carboxylic acids is 3. The highest BCUT2D eigenvalue weighted by atomic mass is 16.5. The zero-order chi connectivity index (χ0) is 39.7. The number of unbranched alkanes of at least 4 members (excludes halogenated alkanes) is 19. The quantitative estimate of drug-likeness (QED) is 0.0277. The van der Waals surface area contributed by atoms with Crippen LogP contribution in [0.1, 0.15) is 200 Å². The first-order valence-corrected chi connectivity index (χ1v) is 21.9. The van der Waals surface area contributed by atoms with Gasteiger partial charge < -0.3 is 25.6 Å². The number of aliphatic hydroxyl groups is 1. The number of amides is 2. The fourth-order valence-corrected chi connectivity index (χ4v) is 6.20. The van der Waals surface area contributed by atoms with Crippen LogP contribution in [-0.2, 0) is 23.9 Å². The topological polar surface area (TPSA) is 142 Å². The summed E-state index contributed by atoms with van der Waals surface area (Å²) >= 11 is 0. The molecule has 54 heavy (non-hydrogen) atoms. The van der Waals surface area contributed by atoms with Gasteiger partial charge in [0, 0.05) is 12.8 Å². The molecule has 0 aromatic carbocycles. The normalized spacial score (nSPS) is 12.8. The zero-order valence-electron chi connectivity index (χ0n) is 34.5. The Morgan fingerprint density at radius 1 is 0.556 bits per heavy atom. The summed E-state index contributed by atoms with van der Waals surface area (Å²) < 4.78 is 6.01. The van der Waals surface area contributed by atoms with Crippen molar-refractivity contribution in [1.82, 2.24) is 10.6 Å². The van der Waals surface area contributed by atoms with E-state index in [1.54, 1.807) is 0 Å². The Bertz CT molecular complexity index is 1010. The molecule has 0 radical (unpaired) electrons. The van der Waals surface area contributed by atoms with E-state index in [1.165, 1.54) is 70.6 Å². The summed E-state index contributed by atoms with van der Waals surface area (Å²) in [5.41, 5.74) is 0. The number of carboxylic acid groups (broad SMARTS) is 1. The molecule has 0 rings (SSSR count). The lowest BCUT2D eigenvalue weighted by Gasteiger charge is -2.18. The molecule has 0 spiro atoms. The highest BCUT2D eigenvalue weighted by Crippen LogP contribution is 2.18. The van der Waals surface area contributed by atoms with Crippen molar-refractivity contribution in [3.05, 3.63) is 36.5 Å². The standard InChI is InChI=1S/C45H80N2O7/c1-3-5-7-9-11-13-15-16-17-18-20-21-23-26-30-34-40(54-44(51)37-33-29-24-22-19-14-12-10-8-6-4-2)35-31-27-25-28-32-36-42(49)46-38-43(50)47-41(39-48)45(52)53/h10,12,15-16,18,20,40-41,48H,3-9,11,13-14,17,19,21-39H2,1-2H3,(H,46,49)(H,47,50)(H,52,53)/b12-10-,16-15-,20-18-. The van der Waals surface area contributed by atoms with Gasteiger partial charge in [-0.2, -0.15) is 0 Å². The molecule has 4 N–H and O–H groups in total. The molecule has 312 valence electrons. The number of rotatable bonds is 39. The van der Waals surface area contributed by atoms with Crippen LogP contribution in [0.3, 0.4) is 0 Å². The monoisotopic (exact) mass is 761 g/mol. The first kappa shape index (κ1) is 51.1. The third-order valence-corrected chi connectivity index (χ3v) is 9.61. The van der Waals surface area contributed by atoms with E-state index in [9.17, 15) is 19.2 Å². The molecule has 2 amide bonds. The van der Waals surface area contributed by atoms with Crippen LogP contribution < -0.4 is 10.6 Å². The van der Waals surface area contributed by atoms with Crippen LogP contribution >= 0.6 is 0 Å². The Balaban J connectivity index is 4.39. The van der Waals surface area contributed by atoms with Crippen molar-refractivity contribution in [2.45, 2.75) is 212 Å². The molecular weight excluding hydrogens is 681 g/mol. The maximum atomic E-state index is 12.8. The fourth-order valence-electron chi connectivity index (χ4n) is 6.20. The number of carbonyl (C=O) groups is 4. The fraction of sp³-hybridized carbons (Fsp3) is 0.778. The second-order valence-corrected chi connectivity index (χ2v) is 14.8. The van der Waals surface area contributed by atoms with Gasteiger partial charge >= 0.3 is 11.9 Å². The van der Waals surface area contributed by atoms with Gasteiger partial charge in [-0.15, -0.1) is 0 Å². The van der Waals surface area contributed by atoms with Crippen molar-refractivity contribution in [1.29, 1.82) is 0 Å². The molecule has 0 saturated heterocycles. The molecule has 0 aliphatic rings. The molecule has 9 heteroatoms. The summed E-state index contributed by atoms with van der Waals surface area (Å²) in [6.45, 7) is 3.43. The Labute approximate surface area is 329 Å². The molecular formula is C45H80N2O7. The first-order valence-electron chi connectivity index (χ1n) is 21.9. The molecule has 0 fully saturated rings. The molecule has 0 saturated carbocycles. The number of carboxylic acids is 1. The van der Waals surface area contributed by atoms with Gasteiger partial charge in [-0.05, 0) is 89.9 Å². The predicted octanol–water partition coefficient (Wildman–Crippen LogP) is 10.6. The number of nitrogens with one attached hydrogen (secondary N) is 2. The molecule has 9 nitrogen and oxygen atoms in total. The van der Waals surface area contributed by atoms with Crippen LogP contribution in [0.15, 0.2) is 36.5 Å². The van der Waals surface area contributed by atoms with Crippen molar-refractivity contribution in [3.63, 3.8) is 0 Å². The van der Waals surface area contributed by atoms with E-state index in [0.717, 1.165) is 96.3 Å². The first-order chi connectivity index (χ1) is 26.3. The summed E-state index contributed by atoms with van der Waals surface area (Å²) in [5.74, 6) is -2.32. The minimum Gasteiger partial charge on any atom is -0.480 e. The van der Waals surface area contributed by atoms with Crippen LogP contribution in [-0.4, -0.2) is 59.3 Å². The van der Waals surface area contributed by atoms with Crippen molar-refractivity contribution in [3.8, 4) is 0 Å². The Morgan fingerprint density at radius 3 is 1.57 bits per heavy atom. The van der Waals surface area contributed by atoms with Gasteiger partial charge in [0.2, 0.25) is 11.8 Å². The highest BCUT2D eigenvalue weighted by Gasteiger charge is 2.19. The smallest absolute Gasteiger partial charge is 0.328 e. The highest BCUT2D eigenvalue weighted by molar-refractivity contribution is 5.87. The second kappa shape index (κ2) is 39.7. The Kier molecular flexibility index (Phi) is 37.6. The summed E-state index contributed by atoms with van der Waals surface area (Å²) in [6, 6.07) is -1.38. The van der Waals surface area contributed by atoms with Gasteiger partial charge in [0.05, 0.1) is 13.2 Å². The number of hydrogen-bond donors (Lipinski definition) is 4. The maximum Gasteiger partial charge on any atom is 0.328 e. The van der Waals surface area contributed by atoms with Crippen LogP contribution in [0.2, 0.25) is 0 Å². The number of hydrogen-bond acceptors (Lipinski definition) is 6. The number of aliphatic hydroxyl groups excluding tert-OH is 1. The third-order valence-electron chi connectivity index (χ3n) is 9.61. The van der Waals surface area contributed by atoms with Crippen molar-refractivity contribution in [2.24, 2.45) is 0 Å². The van der Waals surface area contributed by atoms with E-state index in [1.807, 2.05) is 0 Å². The molecule has 2 unspecified atom stereocenters. The van der Waals surface area contributed by atoms with Gasteiger partial charge in [-0.1, -0.05) is 134 Å². The van der Waals surface area contributed by atoms with Gasteiger partial charge in [0.15, 0.2) is 0 Å². The van der Waals surface area contributed by atoms with Crippen LogP contribution in [0.4, 0.5) is 0 Å². The van der Waals surface area contributed by atoms with Crippen molar-refractivity contribution >= 4 is 23.8 Å². The average Bonchev–Trinajstić information content (AvgIpc) is 3.15. The van der Waals surface area contributed by atoms with Crippen molar-refractivity contribution < 1.29 is 34.1 Å². The number of esters is 1. The van der Waals surface area contributed by atoms with Gasteiger partial charge in [0.1, 0.15) is 12.1 Å². The number of allylic oxidation sites excluding steroid dienone is 6. The van der Waals surface area contributed by atoms with E-state index in [4.69, 9.17) is 14.9 Å². The van der Waals surface area contributed by atoms with E-state index >= 15 is 0 Å². The molecule has 2 atom stereocenters. The van der Waals surface area contributed by atoms with Gasteiger partial charge in [0.25, 0.3) is 0 Å². The molecule has 0 bridgehead atoms. The lowest BCUT2D eigenvalue weighted by molar-refractivity contribution is -0.150. The minimum absolute atomic E-state index is 0.0388. The third kappa shape index (κ3) is 36.1. The molecule has 0 heterocycles. The summed E-state index contributed by atoms with van der Waals surface area (Å²) in [6.07, 6.45) is 44.5. The lowest BCUT2D eigenvalue weighted by Crippen LogP contribution is -2.47. The van der Waals surface area contributed by atoms with Gasteiger partial charge in [-0.3, -0.25) is 14.4 Å². The SMILES string of the molecule is CCCC/C=C\CCCCCCCC(=O)OC(CCCCC/C=C\C/C=C\CCCCCCC)CCCCCCCC(=O)NCC(=O)NC(CO)C(=O)O. The largest absolute Gasteiger partial charge is 0.480 e. The van der Waals surface area contributed by atoms with Crippen LogP contribution in [0.25, 0.3) is 0 Å². The molecule has 0 aliphatic carbocycles. The number of aliphatic carboxylic acids is 1. The Morgan fingerprint density at radius 2 is 1.02 bits per heavy atom. The summed E-state index contributed by atoms with van der Waals surface area (Å²) in [5, 5.41) is 22.5. The van der Waals surface area contributed by atoms with E-state index in [-0.39, 0.29) is 30.9 Å².